The Bertz CT molecular complexity index is 1770. The maximum absolute atomic E-state index is 14.3. The Hall–Kier alpha value is -4.10. The molecule has 4 aromatic rings. The third-order valence-corrected chi connectivity index (χ3v) is 9.59. The number of hydrogen-bond donors (Lipinski definition) is 0. The van der Waals surface area contributed by atoms with Crippen molar-refractivity contribution in [1.82, 2.24) is 19.1 Å². The second-order valence-corrected chi connectivity index (χ2v) is 12.3. The van der Waals surface area contributed by atoms with Crippen molar-refractivity contribution in [3.05, 3.63) is 113 Å². The molecule has 2 aliphatic carbocycles. The second-order valence-electron chi connectivity index (χ2n) is 10.9. The summed E-state index contributed by atoms with van der Waals surface area (Å²) in [6.07, 6.45) is -0.158. The molecule has 0 bridgehead atoms. The number of hydrogen-bond acceptors (Lipinski definition) is 4. The average Bonchev–Trinajstić information content (AvgIpc) is 3.40. The summed E-state index contributed by atoms with van der Waals surface area (Å²) in [6, 6.07) is 11.1. The highest BCUT2D eigenvalue weighted by molar-refractivity contribution is 7.82. The van der Waals surface area contributed by atoms with E-state index < -0.39 is 58.4 Å². The minimum absolute atomic E-state index is 0.0179. The van der Waals surface area contributed by atoms with Crippen LogP contribution in [0.2, 0.25) is 0 Å². The molecule has 6 rings (SSSR count). The van der Waals surface area contributed by atoms with E-state index in [9.17, 15) is 35.3 Å². The van der Waals surface area contributed by atoms with Crippen molar-refractivity contribution in [3.8, 4) is 5.69 Å². The Labute approximate surface area is 250 Å². The van der Waals surface area contributed by atoms with Gasteiger partial charge in [-0.3, -0.25) is 9.78 Å². The molecule has 0 spiro atoms. The number of fused-ring (bicyclic) bond motifs is 2. The fraction of sp³-hybridized carbons (Fsp3) is 0.258. The van der Waals surface area contributed by atoms with Gasteiger partial charge in [-0.05, 0) is 91.9 Å². The Kier molecular flexibility index (Phi) is 7.78. The molecule has 1 fully saturated rings. The number of allylic oxidation sites excluding steroid dienone is 1. The van der Waals surface area contributed by atoms with Crippen LogP contribution in [-0.2, 0) is 17.4 Å². The monoisotopic (exact) mass is 630 g/mol. The van der Waals surface area contributed by atoms with Gasteiger partial charge >= 0.3 is 6.18 Å². The molecular weight excluding hydrogens is 606 g/mol. The van der Waals surface area contributed by atoms with Gasteiger partial charge in [-0.15, -0.1) is 0 Å². The summed E-state index contributed by atoms with van der Waals surface area (Å²) in [5, 5.41) is 4.43. The molecular formula is C31H24F6N4O2S. The van der Waals surface area contributed by atoms with Crippen molar-refractivity contribution in [1.29, 1.82) is 0 Å². The number of rotatable bonds is 7. The number of benzene rings is 2. The summed E-state index contributed by atoms with van der Waals surface area (Å²) in [5.74, 6) is -2.34. The zero-order chi connectivity index (χ0) is 31.2. The maximum atomic E-state index is 14.3. The fourth-order valence-electron chi connectivity index (χ4n) is 6.08. The third kappa shape index (κ3) is 5.73. The molecule has 3 unspecified atom stereocenters. The lowest BCUT2D eigenvalue weighted by molar-refractivity contribution is -0.140. The minimum atomic E-state index is -4.73. The average molecular weight is 631 g/mol. The van der Waals surface area contributed by atoms with Gasteiger partial charge in [0.25, 0.3) is 0 Å². The standard InChI is InChI=1S/C31H24F6N4O2S/c32-21-2-7-24(8-3-21)41-28-13-20-1-6-25(40(18-31(35,36)37)44(43)26-9-4-22(33)5-10-26)16-30(20,15-19(28)17-39-41)29(42)27-14-23(34)11-12-38-27/h2-5,7-14,17,25H,1,6,15-16,18H2. The first-order chi connectivity index (χ1) is 20.9. The minimum Gasteiger partial charge on any atom is -0.291 e. The molecule has 44 heavy (non-hydrogen) atoms. The van der Waals surface area contributed by atoms with Crippen LogP contribution in [0.5, 0.6) is 0 Å². The topological polar surface area (TPSA) is 68.1 Å². The van der Waals surface area contributed by atoms with Crippen molar-refractivity contribution in [2.45, 2.75) is 42.8 Å². The van der Waals surface area contributed by atoms with E-state index in [4.69, 9.17) is 0 Å². The number of pyridine rings is 1. The van der Waals surface area contributed by atoms with E-state index in [0.717, 1.165) is 46.9 Å². The molecule has 13 heteroatoms. The predicted molar refractivity (Wildman–Crippen MR) is 149 cm³/mol. The van der Waals surface area contributed by atoms with Gasteiger partial charge in [0, 0.05) is 18.3 Å². The highest BCUT2D eigenvalue weighted by Crippen LogP contribution is 2.51. The predicted octanol–water partition coefficient (Wildman–Crippen LogP) is 6.63. The molecule has 0 aliphatic heterocycles. The first-order valence-electron chi connectivity index (χ1n) is 13.6. The summed E-state index contributed by atoms with van der Waals surface area (Å²) < 4.78 is 99.0. The zero-order valence-corrected chi connectivity index (χ0v) is 23.7. The summed E-state index contributed by atoms with van der Waals surface area (Å²) in [4.78, 5) is 18.3. The van der Waals surface area contributed by atoms with Crippen LogP contribution in [0, 0.1) is 22.9 Å². The van der Waals surface area contributed by atoms with Gasteiger partial charge in [0.1, 0.15) is 40.7 Å². The van der Waals surface area contributed by atoms with Crippen LogP contribution in [0.25, 0.3) is 11.8 Å². The lowest BCUT2D eigenvalue weighted by Gasteiger charge is -2.46. The number of nitrogens with zero attached hydrogens (tertiary/aromatic N) is 4. The third-order valence-electron chi connectivity index (χ3n) is 8.07. The Balaban J connectivity index is 1.43. The lowest BCUT2D eigenvalue weighted by atomic mass is 9.60. The van der Waals surface area contributed by atoms with Crippen LogP contribution in [0.1, 0.15) is 41.0 Å². The molecule has 6 nitrogen and oxygen atoms in total. The van der Waals surface area contributed by atoms with E-state index in [1.807, 2.05) is 0 Å². The molecule has 3 atom stereocenters. The highest BCUT2D eigenvalue weighted by Gasteiger charge is 2.52. The van der Waals surface area contributed by atoms with Crippen LogP contribution in [0.4, 0.5) is 26.3 Å². The van der Waals surface area contributed by atoms with Crippen molar-refractivity contribution in [3.63, 3.8) is 0 Å². The van der Waals surface area contributed by atoms with Gasteiger partial charge in [0.2, 0.25) is 0 Å². The first kappa shape index (κ1) is 29.9. The number of alkyl halides is 3. The maximum Gasteiger partial charge on any atom is 0.402 e. The van der Waals surface area contributed by atoms with Gasteiger partial charge in [0.15, 0.2) is 5.78 Å². The van der Waals surface area contributed by atoms with Crippen LogP contribution in [0.3, 0.4) is 0 Å². The van der Waals surface area contributed by atoms with E-state index in [1.54, 1.807) is 22.9 Å². The molecule has 2 aliphatic rings. The van der Waals surface area contributed by atoms with Crippen LogP contribution in [-0.4, -0.2) is 47.8 Å². The number of carbonyl (C=O) groups is 1. The number of carbonyl (C=O) groups excluding carboxylic acids is 1. The molecule has 0 N–H and O–H groups in total. The first-order valence-corrected chi connectivity index (χ1v) is 14.8. The zero-order valence-electron chi connectivity index (χ0n) is 22.9. The van der Waals surface area contributed by atoms with E-state index in [0.29, 0.717) is 22.5 Å². The Morgan fingerprint density at radius 3 is 2.34 bits per heavy atom. The van der Waals surface area contributed by atoms with Gasteiger partial charge in [-0.2, -0.15) is 18.3 Å². The molecule has 2 aromatic carbocycles. The highest BCUT2D eigenvalue weighted by atomic mass is 32.2. The normalized spacial score (nSPS) is 20.5. The van der Waals surface area contributed by atoms with Crippen molar-refractivity contribution in [2.24, 2.45) is 5.41 Å². The van der Waals surface area contributed by atoms with Crippen molar-refractivity contribution >= 4 is 22.8 Å². The largest absolute Gasteiger partial charge is 0.402 e. The van der Waals surface area contributed by atoms with Crippen LogP contribution >= 0.6 is 0 Å². The molecule has 0 radical (unpaired) electrons. The smallest absolute Gasteiger partial charge is 0.291 e. The summed E-state index contributed by atoms with van der Waals surface area (Å²) >= 11 is 0. The van der Waals surface area contributed by atoms with Gasteiger partial charge in [-0.25, -0.2) is 26.4 Å². The number of ketones is 1. The SMILES string of the molecule is O=C(c1cc(F)ccn1)C12Cc3cnn(-c4ccc(F)cc4)c3C=C1CCC(N(CC(F)(F)F)S(=O)c1ccc(F)cc1)C2. The Morgan fingerprint density at radius 2 is 1.68 bits per heavy atom. The van der Waals surface area contributed by atoms with Gasteiger partial charge in [0.05, 0.1) is 27.9 Å². The van der Waals surface area contributed by atoms with E-state index in [1.165, 1.54) is 18.3 Å². The Morgan fingerprint density at radius 1 is 1.00 bits per heavy atom. The van der Waals surface area contributed by atoms with Crippen LogP contribution < -0.4 is 0 Å². The summed E-state index contributed by atoms with van der Waals surface area (Å²) in [7, 11) is -2.34. The van der Waals surface area contributed by atoms with Crippen LogP contribution in [0.15, 0.2) is 83.5 Å². The molecule has 1 saturated carbocycles. The second kappa shape index (κ2) is 11.4. The van der Waals surface area contributed by atoms with Crippen molar-refractivity contribution < 1.29 is 35.3 Å². The number of Topliss-reactive ketones (excluding diaryl/α,β-unsaturated/α-hetero) is 1. The van der Waals surface area contributed by atoms with Gasteiger partial charge in [-0.1, -0.05) is 5.57 Å². The molecule has 0 saturated heterocycles. The quantitative estimate of drug-likeness (QED) is 0.170. The number of aromatic nitrogens is 3. The van der Waals surface area contributed by atoms with E-state index >= 15 is 0 Å². The van der Waals surface area contributed by atoms with E-state index in [-0.39, 0.29) is 36.3 Å². The molecule has 2 aromatic heterocycles. The number of halogens is 6. The molecule has 2 heterocycles. The van der Waals surface area contributed by atoms with Crippen molar-refractivity contribution in [2.75, 3.05) is 6.54 Å². The van der Waals surface area contributed by atoms with Gasteiger partial charge < -0.3 is 0 Å². The molecule has 0 amide bonds. The summed E-state index contributed by atoms with van der Waals surface area (Å²) in [5.41, 5.74) is 0.765. The lowest BCUT2D eigenvalue weighted by Crippen LogP contribution is -2.51. The fourth-order valence-corrected chi connectivity index (χ4v) is 7.43. The summed E-state index contributed by atoms with van der Waals surface area (Å²) in [6.45, 7) is -1.53. The molecule has 228 valence electrons. The van der Waals surface area contributed by atoms with E-state index in [2.05, 4.69) is 10.1 Å².